The van der Waals surface area contributed by atoms with Crippen LogP contribution in [0.4, 0.5) is 0 Å². The monoisotopic (exact) mass is 277 g/mol. The first-order chi connectivity index (χ1) is 9.56. The van der Waals surface area contributed by atoms with E-state index in [-0.39, 0.29) is 0 Å². The normalized spacial score (nSPS) is 18.9. The Balaban J connectivity index is 1.99. The first-order valence-electron chi connectivity index (χ1n) is 7.71. The predicted octanol–water partition coefficient (Wildman–Crippen LogP) is 2.56. The number of hydrogen-bond donors (Lipinski definition) is 1. The average molecular weight is 277 g/mol. The summed E-state index contributed by atoms with van der Waals surface area (Å²) in [5.41, 5.74) is 3.44. The molecule has 4 nitrogen and oxygen atoms in total. The van der Waals surface area contributed by atoms with Gasteiger partial charge in [0.05, 0.1) is 6.10 Å². The molecule has 20 heavy (non-hydrogen) atoms. The third-order valence-electron chi connectivity index (χ3n) is 3.76. The Labute approximate surface area is 122 Å². The lowest BCUT2D eigenvalue weighted by Gasteiger charge is -2.14. The van der Waals surface area contributed by atoms with Gasteiger partial charge in [-0.05, 0) is 39.2 Å². The zero-order chi connectivity index (χ0) is 14.5. The molecule has 0 spiro atoms. The van der Waals surface area contributed by atoms with E-state index < -0.39 is 0 Å². The van der Waals surface area contributed by atoms with E-state index in [1.807, 2.05) is 0 Å². The van der Waals surface area contributed by atoms with Crippen molar-refractivity contribution in [2.24, 2.45) is 5.92 Å². The lowest BCUT2D eigenvalue weighted by atomic mass is 10.1. The third kappa shape index (κ3) is 4.25. The molecule has 0 radical (unpaired) electrons. The highest BCUT2D eigenvalue weighted by Gasteiger charge is 2.18. The van der Waals surface area contributed by atoms with Crippen LogP contribution in [-0.4, -0.2) is 29.2 Å². The van der Waals surface area contributed by atoms with Gasteiger partial charge in [-0.3, -0.25) is 0 Å². The van der Waals surface area contributed by atoms with Crippen LogP contribution in [0, 0.1) is 19.8 Å². The van der Waals surface area contributed by atoms with Gasteiger partial charge in [-0.2, -0.15) is 0 Å². The van der Waals surface area contributed by atoms with E-state index in [0.717, 1.165) is 49.8 Å². The van der Waals surface area contributed by atoms with E-state index in [1.165, 1.54) is 12.0 Å². The van der Waals surface area contributed by atoms with Crippen molar-refractivity contribution in [3.05, 3.63) is 22.8 Å². The van der Waals surface area contributed by atoms with Gasteiger partial charge in [0.15, 0.2) is 0 Å². The zero-order valence-electron chi connectivity index (χ0n) is 13.2. The summed E-state index contributed by atoms with van der Waals surface area (Å²) < 4.78 is 5.67. The fraction of sp³-hybridized carbons (Fsp3) is 0.750. The molecule has 1 aliphatic heterocycles. The summed E-state index contributed by atoms with van der Waals surface area (Å²) in [4.78, 5) is 9.33. The molecule has 1 aromatic heterocycles. The van der Waals surface area contributed by atoms with Gasteiger partial charge < -0.3 is 10.1 Å². The van der Waals surface area contributed by atoms with E-state index in [1.54, 1.807) is 0 Å². The van der Waals surface area contributed by atoms with Crippen molar-refractivity contribution < 1.29 is 4.74 Å². The lowest BCUT2D eigenvalue weighted by Crippen LogP contribution is -2.21. The predicted molar refractivity (Wildman–Crippen MR) is 80.7 cm³/mol. The smallest absolute Gasteiger partial charge is 0.131 e. The molecule has 1 atom stereocenters. The first kappa shape index (κ1) is 15.4. The molecule has 4 heteroatoms. The number of aromatic nitrogens is 2. The highest BCUT2D eigenvalue weighted by molar-refractivity contribution is 5.24. The minimum absolute atomic E-state index is 0.318. The molecule has 0 amide bonds. The van der Waals surface area contributed by atoms with Gasteiger partial charge in [0.2, 0.25) is 0 Å². The molecule has 2 rings (SSSR count). The Morgan fingerprint density at radius 2 is 1.95 bits per heavy atom. The molecule has 2 heterocycles. The highest BCUT2D eigenvalue weighted by atomic mass is 16.5. The second kappa shape index (κ2) is 7.14. The van der Waals surface area contributed by atoms with Gasteiger partial charge in [-0.25, -0.2) is 9.97 Å². The zero-order valence-corrected chi connectivity index (χ0v) is 13.2. The van der Waals surface area contributed by atoms with Gasteiger partial charge in [-0.15, -0.1) is 0 Å². The summed E-state index contributed by atoms with van der Waals surface area (Å²) >= 11 is 0. The van der Waals surface area contributed by atoms with Crippen molar-refractivity contribution in [3.8, 4) is 0 Å². The van der Waals surface area contributed by atoms with Crippen molar-refractivity contribution in [1.29, 1.82) is 0 Å². The SMILES string of the molecule is Cc1nc(CC2CCCO2)nc(C)c1CNCC(C)C. The summed E-state index contributed by atoms with van der Waals surface area (Å²) in [6.45, 7) is 11.4. The molecule has 0 aromatic carbocycles. The average Bonchev–Trinajstić information content (AvgIpc) is 2.85. The van der Waals surface area contributed by atoms with Crippen LogP contribution >= 0.6 is 0 Å². The van der Waals surface area contributed by atoms with Gasteiger partial charge in [0.1, 0.15) is 5.82 Å². The van der Waals surface area contributed by atoms with Crippen molar-refractivity contribution >= 4 is 0 Å². The maximum absolute atomic E-state index is 5.67. The lowest BCUT2D eigenvalue weighted by molar-refractivity contribution is 0.110. The van der Waals surface area contributed by atoms with Crippen molar-refractivity contribution in [2.75, 3.05) is 13.2 Å². The van der Waals surface area contributed by atoms with Crippen LogP contribution in [0.15, 0.2) is 0 Å². The van der Waals surface area contributed by atoms with E-state index in [2.05, 4.69) is 43.0 Å². The van der Waals surface area contributed by atoms with E-state index in [4.69, 9.17) is 4.74 Å². The Hall–Kier alpha value is -1.00. The second-order valence-electron chi connectivity index (χ2n) is 6.15. The van der Waals surface area contributed by atoms with E-state index in [0.29, 0.717) is 12.0 Å². The van der Waals surface area contributed by atoms with E-state index in [9.17, 15) is 0 Å². The van der Waals surface area contributed by atoms with Crippen LogP contribution < -0.4 is 5.32 Å². The second-order valence-corrected chi connectivity index (χ2v) is 6.15. The Morgan fingerprint density at radius 3 is 2.50 bits per heavy atom. The molecule has 1 aliphatic rings. The number of ether oxygens (including phenoxy) is 1. The van der Waals surface area contributed by atoms with Crippen LogP contribution in [0.25, 0.3) is 0 Å². The minimum Gasteiger partial charge on any atom is -0.378 e. The molecular weight excluding hydrogens is 250 g/mol. The third-order valence-corrected chi connectivity index (χ3v) is 3.76. The van der Waals surface area contributed by atoms with Crippen LogP contribution in [0.3, 0.4) is 0 Å². The maximum Gasteiger partial charge on any atom is 0.131 e. The fourth-order valence-corrected chi connectivity index (χ4v) is 2.65. The van der Waals surface area contributed by atoms with Crippen molar-refractivity contribution in [1.82, 2.24) is 15.3 Å². The van der Waals surface area contributed by atoms with Gasteiger partial charge in [0.25, 0.3) is 0 Å². The van der Waals surface area contributed by atoms with Crippen LogP contribution in [0.2, 0.25) is 0 Å². The number of aryl methyl sites for hydroxylation is 2. The molecule has 1 aromatic rings. The van der Waals surface area contributed by atoms with Crippen molar-refractivity contribution in [3.63, 3.8) is 0 Å². The Morgan fingerprint density at radius 1 is 1.25 bits per heavy atom. The minimum atomic E-state index is 0.318. The molecule has 0 aliphatic carbocycles. The molecule has 0 bridgehead atoms. The van der Waals surface area contributed by atoms with Gasteiger partial charge in [-0.1, -0.05) is 13.8 Å². The number of rotatable bonds is 6. The number of hydrogen-bond acceptors (Lipinski definition) is 4. The molecule has 1 fully saturated rings. The summed E-state index contributed by atoms with van der Waals surface area (Å²) in [5, 5.41) is 3.47. The summed E-state index contributed by atoms with van der Waals surface area (Å²) in [6.07, 6.45) is 3.47. The standard InChI is InChI=1S/C16H27N3O/c1-11(2)9-17-10-15-12(3)18-16(19-13(15)4)8-14-6-5-7-20-14/h11,14,17H,5-10H2,1-4H3. The van der Waals surface area contributed by atoms with Gasteiger partial charge in [0, 0.05) is 36.5 Å². The first-order valence-corrected chi connectivity index (χ1v) is 7.71. The Kier molecular flexibility index (Phi) is 5.49. The quantitative estimate of drug-likeness (QED) is 0.868. The number of nitrogens with one attached hydrogen (secondary N) is 1. The molecular formula is C16H27N3O. The molecule has 0 saturated carbocycles. The summed E-state index contributed by atoms with van der Waals surface area (Å²) in [7, 11) is 0. The molecule has 1 saturated heterocycles. The topological polar surface area (TPSA) is 47.0 Å². The van der Waals surface area contributed by atoms with Crippen LogP contribution in [0.1, 0.15) is 49.5 Å². The largest absolute Gasteiger partial charge is 0.378 e. The Bertz CT molecular complexity index is 416. The summed E-state index contributed by atoms with van der Waals surface area (Å²) in [5.74, 6) is 1.59. The number of nitrogens with zero attached hydrogens (tertiary/aromatic N) is 2. The fourth-order valence-electron chi connectivity index (χ4n) is 2.65. The maximum atomic E-state index is 5.67. The van der Waals surface area contributed by atoms with Crippen molar-refractivity contribution in [2.45, 2.75) is 59.6 Å². The molecule has 1 N–H and O–H groups in total. The molecule has 1 unspecified atom stereocenters. The van der Waals surface area contributed by atoms with Gasteiger partial charge >= 0.3 is 0 Å². The van der Waals surface area contributed by atoms with Crippen LogP contribution in [0.5, 0.6) is 0 Å². The summed E-state index contributed by atoms with van der Waals surface area (Å²) in [6, 6.07) is 0. The van der Waals surface area contributed by atoms with Crippen LogP contribution in [-0.2, 0) is 17.7 Å². The molecule has 112 valence electrons. The van der Waals surface area contributed by atoms with E-state index >= 15 is 0 Å². The highest BCUT2D eigenvalue weighted by Crippen LogP contribution is 2.17.